The lowest BCUT2D eigenvalue weighted by molar-refractivity contribution is 0.0329. The van der Waals surface area contributed by atoms with Crippen LogP contribution in [0.15, 0.2) is 18.2 Å². The van der Waals surface area contributed by atoms with Gasteiger partial charge in [0.15, 0.2) is 0 Å². The number of hydrogen-bond donors (Lipinski definition) is 2. The number of pyridine rings is 1. The normalized spacial score (nSPS) is 15.9. The van der Waals surface area contributed by atoms with Crippen LogP contribution in [0.4, 0.5) is 5.82 Å². The molecule has 0 radical (unpaired) electrons. The van der Waals surface area contributed by atoms with Crippen molar-refractivity contribution in [2.45, 2.75) is 25.4 Å². The fourth-order valence-electron chi connectivity index (χ4n) is 2.10. The average Bonchev–Trinajstić information content (AvgIpc) is 2.48. The van der Waals surface area contributed by atoms with E-state index in [0.717, 1.165) is 51.3 Å². The smallest absolute Gasteiger partial charge is 0.142 e. The summed E-state index contributed by atoms with van der Waals surface area (Å²) in [7, 11) is 0. The van der Waals surface area contributed by atoms with E-state index in [1.54, 1.807) is 6.07 Å². The first-order valence-electron chi connectivity index (χ1n) is 6.82. The molecule has 19 heavy (non-hydrogen) atoms. The second kappa shape index (κ2) is 7.72. The van der Waals surface area contributed by atoms with Crippen molar-refractivity contribution in [2.75, 3.05) is 31.6 Å². The maximum Gasteiger partial charge on any atom is 0.142 e. The van der Waals surface area contributed by atoms with Gasteiger partial charge in [0.25, 0.3) is 0 Å². The minimum Gasteiger partial charge on any atom is -0.378 e. The Morgan fingerprint density at radius 1 is 1.42 bits per heavy atom. The molecule has 1 saturated heterocycles. The van der Waals surface area contributed by atoms with E-state index in [9.17, 15) is 0 Å². The van der Waals surface area contributed by atoms with Gasteiger partial charge in [-0.25, -0.2) is 4.98 Å². The molecule has 1 aromatic heterocycles. The fourth-order valence-corrected chi connectivity index (χ4v) is 2.10. The molecule has 0 aromatic carbocycles. The molecule has 102 valence electrons. The fraction of sp³-hybridized carbons (Fsp3) is 0.571. The van der Waals surface area contributed by atoms with E-state index in [1.807, 2.05) is 18.2 Å². The number of ether oxygens (including phenoxy) is 1. The zero-order chi connectivity index (χ0) is 13.3. The highest BCUT2D eigenvalue weighted by Crippen LogP contribution is 2.08. The zero-order valence-corrected chi connectivity index (χ0v) is 11.1. The molecular formula is C14H20N4O. The highest BCUT2D eigenvalue weighted by Gasteiger charge is 2.12. The van der Waals surface area contributed by atoms with Crippen molar-refractivity contribution in [3.05, 3.63) is 23.9 Å². The van der Waals surface area contributed by atoms with Gasteiger partial charge in [-0.15, -0.1) is 0 Å². The number of anilines is 1. The maximum absolute atomic E-state index is 8.75. The van der Waals surface area contributed by atoms with Crippen LogP contribution < -0.4 is 10.6 Å². The lowest BCUT2D eigenvalue weighted by Gasteiger charge is -2.22. The third-order valence-electron chi connectivity index (χ3n) is 3.13. The Hall–Kier alpha value is -1.64. The molecule has 1 fully saturated rings. The lowest BCUT2D eigenvalue weighted by atomic mass is 10.1. The molecule has 1 aliphatic heterocycles. The van der Waals surface area contributed by atoms with Gasteiger partial charge in [0, 0.05) is 13.2 Å². The second-order valence-corrected chi connectivity index (χ2v) is 4.62. The predicted octanol–water partition coefficient (Wildman–Crippen LogP) is 1.52. The third kappa shape index (κ3) is 4.86. The van der Waals surface area contributed by atoms with E-state index in [4.69, 9.17) is 10.00 Å². The van der Waals surface area contributed by atoms with E-state index in [1.165, 1.54) is 0 Å². The Kier molecular flexibility index (Phi) is 5.60. The van der Waals surface area contributed by atoms with E-state index in [0.29, 0.717) is 11.8 Å². The van der Waals surface area contributed by atoms with Crippen molar-refractivity contribution >= 4 is 5.82 Å². The number of nitriles is 1. The van der Waals surface area contributed by atoms with Crippen LogP contribution in [-0.4, -0.2) is 37.3 Å². The molecule has 1 aliphatic rings. The summed E-state index contributed by atoms with van der Waals surface area (Å²) in [5, 5.41) is 15.3. The Morgan fingerprint density at radius 2 is 2.26 bits per heavy atom. The summed E-state index contributed by atoms with van der Waals surface area (Å²) >= 11 is 0. The molecule has 0 unspecified atom stereocenters. The molecule has 0 saturated carbocycles. The van der Waals surface area contributed by atoms with Gasteiger partial charge in [0.05, 0.1) is 6.10 Å². The minimum atomic E-state index is 0.418. The Labute approximate surface area is 114 Å². The van der Waals surface area contributed by atoms with E-state index in [2.05, 4.69) is 15.6 Å². The summed E-state index contributed by atoms with van der Waals surface area (Å²) in [4.78, 5) is 4.16. The van der Waals surface area contributed by atoms with Gasteiger partial charge < -0.3 is 15.4 Å². The standard InChI is InChI=1S/C14H20N4O/c15-11-12-3-1-4-14(18-12)17-7-2-10-19-13-5-8-16-9-6-13/h1,3-4,13,16H,2,5-10H2,(H,17,18). The predicted molar refractivity (Wildman–Crippen MR) is 73.9 cm³/mol. The summed E-state index contributed by atoms with van der Waals surface area (Å²) in [6, 6.07) is 7.43. The summed E-state index contributed by atoms with van der Waals surface area (Å²) in [6.07, 6.45) is 3.59. The second-order valence-electron chi connectivity index (χ2n) is 4.62. The number of nitrogens with one attached hydrogen (secondary N) is 2. The zero-order valence-electron chi connectivity index (χ0n) is 11.1. The quantitative estimate of drug-likeness (QED) is 0.759. The van der Waals surface area contributed by atoms with Gasteiger partial charge in [-0.1, -0.05) is 6.07 Å². The summed E-state index contributed by atoms with van der Waals surface area (Å²) < 4.78 is 5.81. The van der Waals surface area contributed by atoms with Crippen LogP contribution in [-0.2, 0) is 4.74 Å². The molecule has 1 aromatic rings. The van der Waals surface area contributed by atoms with Crippen LogP contribution in [0.2, 0.25) is 0 Å². The first-order chi connectivity index (χ1) is 9.38. The lowest BCUT2D eigenvalue weighted by Crippen LogP contribution is -2.32. The molecule has 5 heteroatoms. The summed E-state index contributed by atoms with van der Waals surface area (Å²) in [5.41, 5.74) is 0.441. The first kappa shape index (κ1) is 13.8. The third-order valence-corrected chi connectivity index (χ3v) is 3.13. The SMILES string of the molecule is N#Cc1cccc(NCCCOC2CCNCC2)n1. The number of hydrogen-bond acceptors (Lipinski definition) is 5. The average molecular weight is 260 g/mol. The van der Waals surface area contributed by atoms with E-state index >= 15 is 0 Å². The highest BCUT2D eigenvalue weighted by atomic mass is 16.5. The molecule has 2 rings (SSSR count). The molecule has 0 spiro atoms. The van der Waals surface area contributed by atoms with Crippen molar-refractivity contribution in [1.29, 1.82) is 5.26 Å². The van der Waals surface area contributed by atoms with Crippen molar-refractivity contribution in [1.82, 2.24) is 10.3 Å². The van der Waals surface area contributed by atoms with Crippen molar-refractivity contribution in [3.8, 4) is 6.07 Å². The van der Waals surface area contributed by atoms with Gasteiger partial charge in [-0.3, -0.25) is 0 Å². The van der Waals surface area contributed by atoms with Gasteiger partial charge in [0.2, 0.25) is 0 Å². The molecule has 5 nitrogen and oxygen atoms in total. The van der Waals surface area contributed by atoms with Crippen LogP contribution in [0, 0.1) is 11.3 Å². The molecule has 0 atom stereocenters. The summed E-state index contributed by atoms with van der Waals surface area (Å²) in [6.45, 7) is 3.71. The van der Waals surface area contributed by atoms with Crippen LogP contribution >= 0.6 is 0 Å². The van der Waals surface area contributed by atoms with Gasteiger partial charge >= 0.3 is 0 Å². The van der Waals surface area contributed by atoms with Crippen LogP contribution in [0.3, 0.4) is 0 Å². The number of rotatable bonds is 6. The maximum atomic E-state index is 8.75. The molecular weight excluding hydrogens is 240 g/mol. The van der Waals surface area contributed by atoms with Gasteiger partial charge in [-0.2, -0.15) is 5.26 Å². The van der Waals surface area contributed by atoms with Crippen LogP contribution in [0.25, 0.3) is 0 Å². The van der Waals surface area contributed by atoms with E-state index in [-0.39, 0.29) is 0 Å². The van der Waals surface area contributed by atoms with Crippen molar-refractivity contribution < 1.29 is 4.74 Å². The topological polar surface area (TPSA) is 70.0 Å². The molecule has 0 aliphatic carbocycles. The molecule has 2 heterocycles. The first-order valence-corrected chi connectivity index (χ1v) is 6.82. The molecule has 0 amide bonds. The Balaban J connectivity index is 1.59. The number of aromatic nitrogens is 1. The number of nitrogens with zero attached hydrogens (tertiary/aromatic N) is 2. The monoisotopic (exact) mass is 260 g/mol. The molecule has 0 bridgehead atoms. The summed E-state index contributed by atoms with van der Waals surface area (Å²) in [5.74, 6) is 0.751. The van der Waals surface area contributed by atoms with E-state index < -0.39 is 0 Å². The Bertz CT molecular complexity index is 424. The Morgan fingerprint density at radius 3 is 3.05 bits per heavy atom. The minimum absolute atomic E-state index is 0.418. The largest absolute Gasteiger partial charge is 0.378 e. The van der Waals surface area contributed by atoms with Crippen LogP contribution in [0.1, 0.15) is 25.0 Å². The van der Waals surface area contributed by atoms with Crippen LogP contribution in [0.5, 0.6) is 0 Å². The van der Waals surface area contributed by atoms with Crippen molar-refractivity contribution in [2.24, 2.45) is 0 Å². The van der Waals surface area contributed by atoms with Gasteiger partial charge in [0.1, 0.15) is 17.6 Å². The van der Waals surface area contributed by atoms with Gasteiger partial charge in [-0.05, 0) is 44.5 Å². The molecule has 2 N–H and O–H groups in total. The highest BCUT2D eigenvalue weighted by molar-refractivity contribution is 5.38. The number of piperidine rings is 1. The van der Waals surface area contributed by atoms with Crippen molar-refractivity contribution in [3.63, 3.8) is 0 Å².